The minimum absolute atomic E-state index is 0.0473. The summed E-state index contributed by atoms with van der Waals surface area (Å²) in [5.41, 5.74) is 12.9. The second-order valence-corrected chi connectivity index (χ2v) is 11.6. The monoisotopic (exact) mass is 460 g/mol. The van der Waals surface area contributed by atoms with E-state index in [9.17, 15) is 9.59 Å². The molecule has 0 aromatic heterocycles. The summed E-state index contributed by atoms with van der Waals surface area (Å²) < 4.78 is 0. The molecule has 0 spiro atoms. The lowest BCUT2D eigenvalue weighted by Gasteiger charge is -2.42. The Labute approximate surface area is 201 Å². The van der Waals surface area contributed by atoms with Crippen LogP contribution < -0.4 is 11.5 Å². The number of likely N-dealkylation sites (N-methyl/N-ethyl adjacent to an activating group) is 1. The maximum absolute atomic E-state index is 13.8. The van der Waals surface area contributed by atoms with Crippen molar-refractivity contribution in [2.45, 2.75) is 127 Å². The highest BCUT2D eigenvalue weighted by molar-refractivity contribution is 5.90. The van der Waals surface area contributed by atoms with Gasteiger partial charge in [0.1, 0.15) is 6.04 Å². The van der Waals surface area contributed by atoms with E-state index in [0.717, 1.165) is 38.5 Å². The molecule has 2 atom stereocenters. The SMILES string of the molecule is CN(C(=O)[C@@H]1CCCN1C(=O)[C@@H](N)C(C1CCCCC1)C1CCCCC1)[C@H]1CC[C@H](N)CC1. The summed E-state index contributed by atoms with van der Waals surface area (Å²) in [5.74, 6) is 1.59. The van der Waals surface area contributed by atoms with E-state index < -0.39 is 6.04 Å². The number of carbonyl (C=O) groups excluding carboxylic acids is 2. The molecule has 4 aliphatic rings. The number of hydrogen-bond acceptors (Lipinski definition) is 4. The third-order valence-corrected chi connectivity index (χ3v) is 9.55. The number of likely N-dealkylation sites (tertiary alicyclic amines) is 1. The van der Waals surface area contributed by atoms with Gasteiger partial charge in [0.05, 0.1) is 6.04 Å². The van der Waals surface area contributed by atoms with Gasteiger partial charge in [-0.25, -0.2) is 0 Å². The molecular weight excluding hydrogens is 412 g/mol. The van der Waals surface area contributed by atoms with Gasteiger partial charge in [0.2, 0.25) is 11.8 Å². The van der Waals surface area contributed by atoms with E-state index in [4.69, 9.17) is 11.5 Å². The van der Waals surface area contributed by atoms with Crippen molar-refractivity contribution in [3.63, 3.8) is 0 Å². The van der Waals surface area contributed by atoms with Gasteiger partial charge < -0.3 is 21.3 Å². The number of carbonyl (C=O) groups is 2. The molecule has 0 unspecified atom stereocenters. The van der Waals surface area contributed by atoms with Gasteiger partial charge in [-0.05, 0) is 56.3 Å². The molecule has 188 valence electrons. The fraction of sp³-hybridized carbons (Fsp3) is 0.926. The molecule has 2 amide bonds. The quantitative estimate of drug-likeness (QED) is 0.630. The van der Waals surface area contributed by atoms with E-state index in [0.29, 0.717) is 18.4 Å². The largest absolute Gasteiger partial charge is 0.341 e. The Balaban J connectivity index is 1.45. The van der Waals surface area contributed by atoms with Crippen molar-refractivity contribution in [3.8, 4) is 0 Å². The van der Waals surface area contributed by atoms with Crippen LogP contribution in [0.1, 0.15) is 103 Å². The van der Waals surface area contributed by atoms with E-state index in [1.54, 1.807) is 0 Å². The highest BCUT2D eigenvalue weighted by atomic mass is 16.2. The van der Waals surface area contributed by atoms with Gasteiger partial charge >= 0.3 is 0 Å². The molecule has 0 aromatic rings. The van der Waals surface area contributed by atoms with Crippen molar-refractivity contribution in [1.82, 2.24) is 9.80 Å². The molecule has 3 aliphatic carbocycles. The van der Waals surface area contributed by atoms with Crippen LogP contribution in [-0.2, 0) is 9.59 Å². The molecule has 1 heterocycles. The summed E-state index contributed by atoms with van der Waals surface area (Å²) in [6.45, 7) is 0.675. The van der Waals surface area contributed by atoms with Crippen LogP contribution in [0.5, 0.6) is 0 Å². The minimum Gasteiger partial charge on any atom is -0.341 e. The predicted molar refractivity (Wildman–Crippen MR) is 132 cm³/mol. The molecule has 1 aliphatic heterocycles. The summed E-state index contributed by atoms with van der Waals surface area (Å²) >= 11 is 0. The van der Waals surface area contributed by atoms with Crippen LogP contribution in [0, 0.1) is 17.8 Å². The van der Waals surface area contributed by atoms with Gasteiger partial charge in [-0.1, -0.05) is 64.2 Å². The molecule has 4 rings (SSSR count). The van der Waals surface area contributed by atoms with Crippen LogP contribution >= 0.6 is 0 Å². The second-order valence-electron chi connectivity index (χ2n) is 11.6. The van der Waals surface area contributed by atoms with E-state index in [1.165, 1.54) is 64.2 Å². The van der Waals surface area contributed by atoms with Crippen molar-refractivity contribution in [3.05, 3.63) is 0 Å². The maximum Gasteiger partial charge on any atom is 0.245 e. The van der Waals surface area contributed by atoms with Gasteiger partial charge in [-0.3, -0.25) is 9.59 Å². The first-order chi connectivity index (χ1) is 16.0. The molecular formula is C27H48N4O2. The van der Waals surface area contributed by atoms with E-state index in [2.05, 4.69) is 0 Å². The van der Waals surface area contributed by atoms with Crippen LogP contribution in [0.2, 0.25) is 0 Å². The molecule has 6 heteroatoms. The lowest BCUT2D eigenvalue weighted by atomic mass is 9.66. The molecule has 0 aromatic carbocycles. The van der Waals surface area contributed by atoms with Crippen molar-refractivity contribution in [2.75, 3.05) is 13.6 Å². The van der Waals surface area contributed by atoms with Crippen molar-refractivity contribution < 1.29 is 9.59 Å². The first-order valence-electron chi connectivity index (χ1n) is 14.1. The van der Waals surface area contributed by atoms with Crippen LogP contribution in [-0.4, -0.2) is 59.4 Å². The highest BCUT2D eigenvalue weighted by Gasteiger charge is 2.44. The molecule has 33 heavy (non-hydrogen) atoms. The van der Waals surface area contributed by atoms with Crippen molar-refractivity contribution in [1.29, 1.82) is 0 Å². The van der Waals surface area contributed by atoms with E-state index >= 15 is 0 Å². The number of nitrogens with two attached hydrogens (primary N) is 2. The Kier molecular flexibility index (Phi) is 8.72. The minimum atomic E-state index is -0.456. The van der Waals surface area contributed by atoms with Crippen molar-refractivity contribution in [2.24, 2.45) is 29.2 Å². The fourth-order valence-electron chi connectivity index (χ4n) is 7.56. The summed E-state index contributed by atoms with van der Waals surface area (Å²) in [7, 11) is 1.93. The van der Waals surface area contributed by atoms with Gasteiger partial charge in [0.25, 0.3) is 0 Å². The second kappa shape index (κ2) is 11.5. The average Bonchev–Trinajstić information content (AvgIpc) is 3.34. The molecule has 0 bridgehead atoms. The highest BCUT2D eigenvalue weighted by Crippen LogP contribution is 2.42. The van der Waals surface area contributed by atoms with E-state index in [-0.39, 0.29) is 35.9 Å². The smallest absolute Gasteiger partial charge is 0.245 e. The summed E-state index contributed by atoms with van der Waals surface area (Å²) in [6, 6.07) is -0.269. The predicted octanol–water partition coefficient (Wildman–Crippen LogP) is 3.81. The third-order valence-electron chi connectivity index (χ3n) is 9.55. The van der Waals surface area contributed by atoms with E-state index in [1.807, 2.05) is 16.8 Å². The molecule has 4 N–H and O–H groups in total. The Hall–Kier alpha value is -1.14. The molecule has 0 radical (unpaired) electrons. The van der Waals surface area contributed by atoms with Gasteiger partial charge in [-0.2, -0.15) is 0 Å². The lowest BCUT2D eigenvalue weighted by Crippen LogP contribution is -2.56. The summed E-state index contributed by atoms with van der Waals surface area (Å²) in [5, 5.41) is 0. The Morgan fingerprint density at radius 2 is 1.33 bits per heavy atom. The molecule has 1 saturated heterocycles. The zero-order valence-electron chi connectivity index (χ0n) is 20.9. The van der Waals surface area contributed by atoms with Crippen molar-refractivity contribution >= 4 is 11.8 Å². The lowest BCUT2D eigenvalue weighted by molar-refractivity contribution is -0.146. The number of rotatable bonds is 6. The topological polar surface area (TPSA) is 92.7 Å². The molecule has 3 saturated carbocycles. The van der Waals surface area contributed by atoms with Crippen LogP contribution in [0.25, 0.3) is 0 Å². The Morgan fingerprint density at radius 3 is 1.88 bits per heavy atom. The Morgan fingerprint density at radius 1 is 0.788 bits per heavy atom. The average molecular weight is 461 g/mol. The third kappa shape index (κ3) is 5.75. The van der Waals surface area contributed by atoms with Crippen LogP contribution in [0.4, 0.5) is 0 Å². The normalized spacial score (nSPS) is 31.0. The Bertz CT molecular complexity index is 633. The van der Waals surface area contributed by atoms with Crippen LogP contribution in [0.3, 0.4) is 0 Å². The zero-order chi connectivity index (χ0) is 23.4. The summed E-state index contributed by atoms with van der Waals surface area (Å²) in [6.07, 6.45) is 18.2. The molecule has 6 nitrogen and oxygen atoms in total. The fourth-order valence-corrected chi connectivity index (χ4v) is 7.56. The van der Waals surface area contributed by atoms with Gasteiger partial charge in [0.15, 0.2) is 0 Å². The van der Waals surface area contributed by atoms with Crippen LogP contribution in [0.15, 0.2) is 0 Å². The summed E-state index contributed by atoms with van der Waals surface area (Å²) in [4.78, 5) is 31.1. The maximum atomic E-state index is 13.8. The number of hydrogen-bond donors (Lipinski definition) is 2. The number of amides is 2. The molecule has 4 fully saturated rings. The standard InChI is InChI=1S/C27H48N4O2/c1-30(22-16-14-21(28)15-17-22)26(32)23-13-8-18-31(23)27(33)25(29)24(19-9-4-2-5-10-19)20-11-6-3-7-12-20/h19-25H,2-18,28-29H2,1H3/t21-,22-,23-,25-/m0/s1. The van der Waals surface area contributed by atoms with Gasteiger partial charge in [-0.15, -0.1) is 0 Å². The van der Waals surface area contributed by atoms with Gasteiger partial charge in [0, 0.05) is 25.7 Å². The first-order valence-corrected chi connectivity index (χ1v) is 14.1. The zero-order valence-corrected chi connectivity index (χ0v) is 20.9. The first kappa shape index (κ1) is 25.0. The number of nitrogens with zero attached hydrogens (tertiary/aromatic N) is 2.